The number of amides is 1. The van der Waals surface area contributed by atoms with Crippen molar-refractivity contribution in [3.05, 3.63) is 69.5 Å². The maximum absolute atomic E-state index is 13.1. The molecule has 0 spiro atoms. The van der Waals surface area contributed by atoms with Crippen molar-refractivity contribution < 1.29 is 14.1 Å². The number of hydrogen-bond acceptors (Lipinski definition) is 3. The van der Waals surface area contributed by atoms with Gasteiger partial charge in [-0.1, -0.05) is 0 Å². The van der Waals surface area contributed by atoms with Crippen LogP contribution in [-0.2, 0) is 0 Å². The Kier molecular flexibility index (Phi) is 3.98. The van der Waals surface area contributed by atoms with E-state index in [1.807, 2.05) is 0 Å². The van der Waals surface area contributed by atoms with Gasteiger partial charge in [-0.15, -0.1) is 0 Å². The monoisotopic (exact) mass is 288 g/mol. The third kappa shape index (κ3) is 3.05. The molecule has 0 unspecified atom stereocenters. The molecule has 0 heterocycles. The van der Waals surface area contributed by atoms with Crippen molar-refractivity contribution in [1.29, 1.82) is 0 Å². The molecule has 0 fully saturated rings. The predicted octanol–water partition coefficient (Wildman–Crippen LogP) is 3.32. The van der Waals surface area contributed by atoms with E-state index in [0.717, 1.165) is 0 Å². The van der Waals surface area contributed by atoms with E-state index in [1.165, 1.54) is 47.4 Å². The number of benzene rings is 2. The standard InChI is InChI=1S/C15H13FN2O3/c1-10-9-11(16)3-8-14(10)15(19)17(2)12-4-6-13(7-5-12)18(20)21/h3-9H,1-2H3. The highest BCUT2D eigenvalue weighted by atomic mass is 19.1. The molecule has 0 saturated carbocycles. The summed E-state index contributed by atoms with van der Waals surface area (Å²) in [7, 11) is 1.56. The Labute approximate surface area is 120 Å². The zero-order valence-electron chi connectivity index (χ0n) is 11.5. The zero-order valence-corrected chi connectivity index (χ0v) is 11.5. The lowest BCUT2D eigenvalue weighted by molar-refractivity contribution is -0.384. The number of anilines is 1. The minimum Gasteiger partial charge on any atom is -0.311 e. The van der Waals surface area contributed by atoms with E-state index in [9.17, 15) is 19.3 Å². The molecule has 108 valence electrons. The van der Waals surface area contributed by atoms with Gasteiger partial charge in [-0.3, -0.25) is 14.9 Å². The molecule has 0 aliphatic carbocycles. The van der Waals surface area contributed by atoms with Crippen LogP contribution in [0.15, 0.2) is 42.5 Å². The maximum atomic E-state index is 13.1. The molecule has 0 aliphatic heterocycles. The zero-order chi connectivity index (χ0) is 15.6. The number of rotatable bonds is 3. The molecule has 2 aromatic carbocycles. The highest BCUT2D eigenvalue weighted by Crippen LogP contribution is 2.21. The summed E-state index contributed by atoms with van der Waals surface area (Å²) in [5.74, 6) is -0.705. The number of carbonyl (C=O) groups is 1. The van der Waals surface area contributed by atoms with Crippen LogP contribution in [0.5, 0.6) is 0 Å². The minimum absolute atomic E-state index is 0.0439. The highest BCUT2D eigenvalue weighted by molar-refractivity contribution is 6.06. The van der Waals surface area contributed by atoms with Crippen molar-refractivity contribution in [3.63, 3.8) is 0 Å². The van der Waals surface area contributed by atoms with E-state index >= 15 is 0 Å². The molecule has 2 rings (SSSR count). The molecule has 5 nitrogen and oxygen atoms in total. The molecule has 6 heteroatoms. The molecule has 0 N–H and O–H groups in total. The first-order valence-electron chi connectivity index (χ1n) is 6.19. The average Bonchev–Trinajstić information content (AvgIpc) is 2.46. The summed E-state index contributed by atoms with van der Waals surface area (Å²) < 4.78 is 13.1. The van der Waals surface area contributed by atoms with Crippen molar-refractivity contribution >= 4 is 17.3 Å². The Morgan fingerprint density at radius 2 is 1.81 bits per heavy atom. The van der Waals surface area contributed by atoms with Gasteiger partial charge in [-0.25, -0.2) is 4.39 Å². The molecule has 0 radical (unpaired) electrons. The normalized spacial score (nSPS) is 10.2. The van der Waals surface area contributed by atoms with Gasteiger partial charge in [0.1, 0.15) is 5.82 Å². The number of nitrogens with zero attached hydrogens (tertiary/aromatic N) is 2. The minimum atomic E-state index is -0.504. The van der Waals surface area contributed by atoms with E-state index in [1.54, 1.807) is 14.0 Å². The van der Waals surface area contributed by atoms with Crippen molar-refractivity contribution in [2.75, 3.05) is 11.9 Å². The molecule has 0 bridgehead atoms. The van der Waals surface area contributed by atoms with Crippen LogP contribution in [0.4, 0.5) is 15.8 Å². The van der Waals surface area contributed by atoms with E-state index in [4.69, 9.17) is 0 Å². The summed E-state index contributed by atoms with van der Waals surface area (Å²) in [6.45, 7) is 1.65. The second-order valence-corrected chi connectivity index (χ2v) is 4.60. The van der Waals surface area contributed by atoms with Crippen LogP contribution in [-0.4, -0.2) is 17.9 Å². The van der Waals surface area contributed by atoms with E-state index in [0.29, 0.717) is 16.8 Å². The number of hydrogen-bond donors (Lipinski definition) is 0. The molecule has 0 aromatic heterocycles. The van der Waals surface area contributed by atoms with Gasteiger partial charge in [0, 0.05) is 30.4 Å². The first kappa shape index (κ1) is 14.6. The fourth-order valence-corrected chi connectivity index (χ4v) is 1.96. The van der Waals surface area contributed by atoms with Gasteiger partial charge in [-0.2, -0.15) is 0 Å². The maximum Gasteiger partial charge on any atom is 0.269 e. The third-order valence-electron chi connectivity index (χ3n) is 3.17. The summed E-state index contributed by atoms with van der Waals surface area (Å²) in [6, 6.07) is 9.59. The van der Waals surface area contributed by atoms with Gasteiger partial charge >= 0.3 is 0 Å². The van der Waals surface area contributed by atoms with E-state index < -0.39 is 10.7 Å². The van der Waals surface area contributed by atoms with Gasteiger partial charge in [0.15, 0.2) is 0 Å². The number of carbonyl (C=O) groups excluding carboxylic acids is 1. The first-order valence-corrected chi connectivity index (χ1v) is 6.19. The molecule has 1 amide bonds. The summed E-state index contributed by atoms with van der Waals surface area (Å²) in [5.41, 5.74) is 1.40. The third-order valence-corrected chi connectivity index (χ3v) is 3.17. The summed E-state index contributed by atoms with van der Waals surface area (Å²) >= 11 is 0. The first-order chi connectivity index (χ1) is 9.90. The van der Waals surface area contributed by atoms with Gasteiger partial charge < -0.3 is 4.90 Å². The van der Waals surface area contributed by atoms with Crippen LogP contribution in [0, 0.1) is 22.9 Å². The molecule has 2 aromatic rings. The van der Waals surface area contributed by atoms with Gasteiger partial charge in [-0.05, 0) is 42.8 Å². The number of halogens is 1. The Hall–Kier alpha value is -2.76. The quantitative estimate of drug-likeness (QED) is 0.643. The molecule has 21 heavy (non-hydrogen) atoms. The second kappa shape index (κ2) is 5.70. The Bertz CT molecular complexity index is 699. The van der Waals surface area contributed by atoms with Crippen molar-refractivity contribution in [2.45, 2.75) is 6.92 Å². The fraction of sp³-hybridized carbons (Fsp3) is 0.133. The summed E-state index contributed by atoms with van der Waals surface area (Å²) in [4.78, 5) is 23.8. The van der Waals surface area contributed by atoms with Crippen LogP contribution < -0.4 is 4.90 Å². The van der Waals surface area contributed by atoms with E-state index in [-0.39, 0.29) is 11.6 Å². The summed E-state index contributed by atoms with van der Waals surface area (Å²) in [6.07, 6.45) is 0. The largest absolute Gasteiger partial charge is 0.311 e. The smallest absolute Gasteiger partial charge is 0.269 e. The van der Waals surface area contributed by atoms with Crippen LogP contribution in [0.2, 0.25) is 0 Å². The lowest BCUT2D eigenvalue weighted by Crippen LogP contribution is -2.26. The molecule has 0 saturated heterocycles. The SMILES string of the molecule is Cc1cc(F)ccc1C(=O)N(C)c1ccc([N+](=O)[O-])cc1. The lowest BCUT2D eigenvalue weighted by Gasteiger charge is -2.18. The van der Waals surface area contributed by atoms with Crippen molar-refractivity contribution in [2.24, 2.45) is 0 Å². The Morgan fingerprint density at radius 3 is 2.33 bits per heavy atom. The van der Waals surface area contributed by atoms with Crippen LogP contribution >= 0.6 is 0 Å². The van der Waals surface area contributed by atoms with Crippen molar-refractivity contribution in [3.8, 4) is 0 Å². The van der Waals surface area contributed by atoms with Crippen molar-refractivity contribution in [1.82, 2.24) is 0 Å². The van der Waals surface area contributed by atoms with Crippen LogP contribution in [0.1, 0.15) is 15.9 Å². The van der Waals surface area contributed by atoms with Crippen LogP contribution in [0.25, 0.3) is 0 Å². The van der Waals surface area contributed by atoms with Gasteiger partial charge in [0.05, 0.1) is 4.92 Å². The molecular weight excluding hydrogens is 275 g/mol. The summed E-state index contributed by atoms with van der Waals surface area (Å²) in [5, 5.41) is 10.6. The Balaban J connectivity index is 2.28. The predicted molar refractivity (Wildman–Crippen MR) is 77.0 cm³/mol. The highest BCUT2D eigenvalue weighted by Gasteiger charge is 2.16. The average molecular weight is 288 g/mol. The van der Waals surface area contributed by atoms with E-state index in [2.05, 4.69) is 0 Å². The van der Waals surface area contributed by atoms with Gasteiger partial charge in [0.25, 0.3) is 11.6 Å². The topological polar surface area (TPSA) is 63.5 Å². The molecule has 0 aliphatic rings. The van der Waals surface area contributed by atoms with Crippen LogP contribution in [0.3, 0.4) is 0 Å². The fourth-order valence-electron chi connectivity index (χ4n) is 1.96. The lowest BCUT2D eigenvalue weighted by atomic mass is 10.1. The number of non-ortho nitro benzene ring substituents is 1. The molecular formula is C15H13FN2O3. The molecule has 0 atom stereocenters. The second-order valence-electron chi connectivity index (χ2n) is 4.60. The number of aryl methyl sites for hydroxylation is 1. The number of nitro benzene ring substituents is 1. The van der Waals surface area contributed by atoms with Gasteiger partial charge in [0.2, 0.25) is 0 Å². The number of nitro groups is 1. The Morgan fingerprint density at radius 1 is 1.19 bits per heavy atom.